The Balaban J connectivity index is 2.44. The zero-order valence-corrected chi connectivity index (χ0v) is 12.1. The summed E-state index contributed by atoms with van der Waals surface area (Å²) in [7, 11) is 0. The van der Waals surface area contributed by atoms with E-state index >= 15 is 0 Å². The molecule has 1 fully saturated rings. The summed E-state index contributed by atoms with van der Waals surface area (Å²) in [6.45, 7) is 13.3. The number of nitrogens with one attached hydrogen (secondary N) is 1. The molecule has 1 heterocycles. The average molecular weight is 239 g/mol. The Morgan fingerprint density at radius 3 is 2.47 bits per heavy atom. The quantitative estimate of drug-likeness (QED) is 0.717. The summed E-state index contributed by atoms with van der Waals surface area (Å²) >= 11 is 0. The molecule has 0 amide bonds. The van der Waals surface area contributed by atoms with Crippen LogP contribution in [-0.2, 0) is 4.74 Å². The lowest BCUT2D eigenvalue weighted by molar-refractivity contribution is 0.0825. The van der Waals surface area contributed by atoms with Crippen molar-refractivity contribution >= 4 is 0 Å². The lowest BCUT2D eigenvalue weighted by atomic mass is 10.00. The molecule has 1 saturated heterocycles. The molecule has 0 bridgehead atoms. The first-order valence-corrected chi connectivity index (χ1v) is 7.05. The Morgan fingerprint density at radius 1 is 1.29 bits per heavy atom. The van der Waals surface area contributed by atoms with Crippen molar-refractivity contribution < 1.29 is 4.74 Å². The molecular formula is C15H29NO. The summed E-state index contributed by atoms with van der Waals surface area (Å²) in [6, 6.07) is 0. The molecule has 2 heteroatoms. The molecule has 1 aliphatic rings. The second-order valence-corrected chi connectivity index (χ2v) is 5.98. The third-order valence-corrected chi connectivity index (χ3v) is 3.29. The Kier molecular flexibility index (Phi) is 6.21. The number of hydrogen-bond acceptors (Lipinski definition) is 2. The second-order valence-electron chi connectivity index (χ2n) is 5.98. The first kappa shape index (κ1) is 14.7. The molecule has 1 aliphatic heterocycles. The van der Waals surface area contributed by atoms with Crippen LogP contribution in [0.4, 0.5) is 0 Å². The van der Waals surface area contributed by atoms with Gasteiger partial charge in [0, 0.05) is 6.54 Å². The Hall–Kier alpha value is -0.340. The maximum absolute atomic E-state index is 5.87. The molecule has 0 spiro atoms. The van der Waals surface area contributed by atoms with E-state index in [2.05, 4.69) is 46.0 Å². The van der Waals surface area contributed by atoms with Gasteiger partial charge < -0.3 is 10.1 Å². The fourth-order valence-corrected chi connectivity index (χ4v) is 2.16. The number of rotatable bonds is 6. The summed E-state index contributed by atoms with van der Waals surface area (Å²) in [5, 5.41) is 3.53. The Morgan fingerprint density at radius 2 is 2.00 bits per heavy atom. The highest BCUT2D eigenvalue weighted by atomic mass is 16.5. The molecular weight excluding hydrogens is 210 g/mol. The van der Waals surface area contributed by atoms with Crippen LogP contribution in [0.3, 0.4) is 0 Å². The maximum atomic E-state index is 5.87. The van der Waals surface area contributed by atoms with Crippen LogP contribution in [0.25, 0.3) is 0 Å². The topological polar surface area (TPSA) is 21.3 Å². The first-order chi connectivity index (χ1) is 7.99. The van der Waals surface area contributed by atoms with Gasteiger partial charge in [-0.3, -0.25) is 0 Å². The summed E-state index contributed by atoms with van der Waals surface area (Å²) in [5.41, 5.74) is 1.49. The van der Waals surface area contributed by atoms with Crippen molar-refractivity contribution in [3.8, 4) is 0 Å². The van der Waals surface area contributed by atoms with E-state index in [0.29, 0.717) is 24.0 Å². The molecule has 0 aromatic heterocycles. The van der Waals surface area contributed by atoms with E-state index in [0.717, 1.165) is 13.1 Å². The maximum Gasteiger partial charge on any atom is 0.0763 e. The molecule has 1 N–H and O–H groups in total. The fraction of sp³-hybridized carbons (Fsp3) is 0.867. The highest BCUT2D eigenvalue weighted by Gasteiger charge is 2.20. The van der Waals surface area contributed by atoms with Gasteiger partial charge in [-0.05, 0) is 38.1 Å². The monoisotopic (exact) mass is 239 g/mol. The van der Waals surface area contributed by atoms with Gasteiger partial charge in [0.1, 0.15) is 0 Å². The lowest BCUT2D eigenvalue weighted by Gasteiger charge is -2.16. The average Bonchev–Trinajstić information content (AvgIpc) is 2.62. The largest absolute Gasteiger partial charge is 0.371 e. The van der Waals surface area contributed by atoms with Crippen molar-refractivity contribution in [1.29, 1.82) is 0 Å². The van der Waals surface area contributed by atoms with Crippen LogP contribution in [0.1, 0.15) is 47.5 Å². The highest BCUT2D eigenvalue weighted by molar-refractivity contribution is 5.10. The van der Waals surface area contributed by atoms with E-state index in [1.54, 1.807) is 0 Å². The summed E-state index contributed by atoms with van der Waals surface area (Å²) in [5.74, 6) is 1.32. The van der Waals surface area contributed by atoms with Crippen LogP contribution in [0.2, 0.25) is 0 Å². The third kappa shape index (κ3) is 5.69. The zero-order chi connectivity index (χ0) is 12.8. The molecule has 2 atom stereocenters. The normalized spacial score (nSPS) is 26.2. The molecule has 0 aromatic carbocycles. The molecule has 1 rings (SSSR count). The minimum atomic E-state index is 0.350. The van der Waals surface area contributed by atoms with Gasteiger partial charge >= 0.3 is 0 Å². The molecule has 17 heavy (non-hydrogen) atoms. The standard InChI is InChI=1S/C15H29NO/c1-11(2)9-16-10-14(12(3)4)8-15-7-6-13(5)17-15/h8,11-13,15-16H,6-7,9-10H2,1-5H3/b14-8-. The van der Waals surface area contributed by atoms with Gasteiger partial charge in [0.15, 0.2) is 0 Å². The van der Waals surface area contributed by atoms with E-state index in [1.165, 1.54) is 18.4 Å². The SMILES string of the molecule is CC(C)CNC/C(=C/C1CCC(C)O1)C(C)C. The van der Waals surface area contributed by atoms with E-state index in [4.69, 9.17) is 4.74 Å². The van der Waals surface area contributed by atoms with Crippen molar-refractivity contribution in [3.05, 3.63) is 11.6 Å². The predicted molar refractivity (Wildman–Crippen MR) is 74.2 cm³/mol. The van der Waals surface area contributed by atoms with Crippen molar-refractivity contribution in [2.45, 2.75) is 59.7 Å². The van der Waals surface area contributed by atoms with Crippen LogP contribution in [0.5, 0.6) is 0 Å². The molecule has 2 unspecified atom stereocenters. The van der Waals surface area contributed by atoms with Crippen molar-refractivity contribution in [3.63, 3.8) is 0 Å². The van der Waals surface area contributed by atoms with Gasteiger partial charge in [-0.1, -0.05) is 39.3 Å². The molecule has 100 valence electrons. The van der Waals surface area contributed by atoms with Gasteiger partial charge in [-0.15, -0.1) is 0 Å². The van der Waals surface area contributed by atoms with Crippen LogP contribution in [0.15, 0.2) is 11.6 Å². The van der Waals surface area contributed by atoms with Gasteiger partial charge in [-0.2, -0.15) is 0 Å². The number of ether oxygens (including phenoxy) is 1. The minimum absolute atomic E-state index is 0.350. The van der Waals surface area contributed by atoms with Gasteiger partial charge in [0.2, 0.25) is 0 Å². The molecule has 0 aliphatic carbocycles. The third-order valence-electron chi connectivity index (χ3n) is 3.29. The van der Waals surface area contributed by atoms with Crippen molar-refractivity contribution in [1.82, 2.24) is 5.32 Å². The van der Waals surface area contributed by atoms with Crippen LogP contribution in [-0.4, -0.2) is 25.3 Å². The highest BCUT2D eigenvalue weighted by Crippen LogP contribution is 2.22. The lowest BCUT2D eigenvalue weighted by Crippen LogP contribution is -2.24. The molecule has 0 aromatic rings. The first-order valence-electron chi connectivity index (χ1n) is 7.05. The fourth-order valence-electron chi connectivity index (χ4n) is 2.16. The summed E-state index contributed by atoms with van der Waals surface area (Å²) < 4.78 is 5.87. The van der Waals surface area contributed by atoms with Crippen molar-refractivity contribution in [2.75, 3.05) is 13.1 Å². The molecule has 0 radical (unpaired) electrons. The van der Waals surface area contributed by atoms with Gasteiger partial charge in [0.05, 0.1) is 12.2 Å². The smallest absolute Gasteiger partial charge is 0.0763 e. The van der Waals surface area contributed by atoms with E-state index in [-0.39, 0.29) is 0 Å². The van der Waals surface area contributed by atoms with Crippen molar-refractivity contribution in [2.24, 2.45) is 11.8 Å². The van der Waals surface area contributed by atoms with Gasteiger partial charge in [-0.25, -0.2) is 0 Å². The Bertz CT molecular complexity index is 245. The van der Waals surface area contributed by atoms with E-state index in [9.17, 15) is 0 Å². The van der Waals surface area contributed by atoms with Crippen LogP contribution < -0.4 is 5.32 Å². The van der Waals surface area contributed by atoms with Crippen LogP contribution >= 0.6 is 0 Å². The number of hydrogen-bond donors (Lipinski definition) is 1. The van der Waals surface area contributed by atoms with Crippen LogP contribution in [0, 0.1) is 11.8 Å². The second kappa shape index (κ2) is 7.17. The zero-order valence-electron chi connectivity index (χ0n) is 12.1. The summed E-state index contributed by atoms with van der Waals surface area (Å²) in [4.78, 5) is 0. The van der Waals surface area contributed by atoms with E-state index < -0.39 is 0 Å². The van der Waals surface area contributed by atoms with E-state index in [1.807, 2.05) is 0 Å². The Labute approximate surface area is 107 Å². The summed E-state index contributed by atoms with van der Waals surface area (Å²) in [6.07, 6.45) is 5.52. The minimum Gasteiger partial charge on any atom is -0.371 e. The van der Waals surface area contributed by atoms with Gasteiger partial charge in [0.25, 0.3) is 0 Å². The molecule has 0 saturated carbocycles. The molecule has 2 nitrogen and oxygen atoms in total. The predicted octanol–water partition coefficient (Wildman–Crippen LogP) is 3.38.